The van der Waals surface area contributed by atoms with Gasteiger partial charge in [0.05, 0.1) is 5.41 Å². The van der Waals surface area contributed by atoms with Crippen molar-refractivity contribution in [3.8, 4) is 0 Å². The minimum absolute atomic E-state index is 0.0101. The monoisotopic (exact) mass is 231 g/mol. The van der Waals surface area contributed by atoms with Crippen LogP contribution >= 0.6 is 0 Å². The van der Waals surface area contributed by atoms with Crippen molar-refractivity contribution in [1.82, 2.24) is 5.32 Å². The number of amides is 1. The highest BCUT2D eigenvalue weighted by atomic mass is 16.4. The van der Waals surface area contributed by atoms with Crippen molar-refractivity contribution in [3.05, 3.63) is 0 Å². The third-order valence-electron chi connectivity index (χ3n) is 2.71. The second kappa shape index (κ2) is 5.84. The molecule has 0 bridgehead atoms. The van der Waals surface area contributed by atoms with Gasteiger partial charge in [0.2, 0.25) is 5.91 Å². The van der Waals surface area contributed by atoms with Crippen LogP contribution in [0.1, 0.15) is 34.1 Å². The molecular formula is C11H21NO4. The molecule has 0 aliphatic rings. The SMILES string of the molecule is CC(CO)C(C)NC(=O)CC(C)(C)C(=O)O. The van der Waals surface area contributed by atoms with Crippen molar-refractivity contribution in [2.24, 2.45) is 11.3 Å². The largest absolute Gasteiger partial charge is 0.481 e. The Morgan fingerprint density at radius 3 is 2.19 bits per heavy atom. The fourth-order valence-corrected chi connectivity index (χ4v) is 1.08. The molecular weight excluding hydrogens is 210 g/mol. The Labute approximate surface area is 95.9 Å². The maximum Gasteiger partial charge on any atom is 0.309 e. The maximum absolute atomic E-state index is 11.5. The second-order valence-electron chi connectivity index (χ2n) is 4.88. The minimum Gasteiger partial charge on any atom is -0.481 e. The van der Waals surface area contributed by atoms with Crippen LogP contribution in [0.25, 0.3) is 0 Å². The summed E-state index contributed by atoms with van der Waals surface area (Å²) in [6.07, 6.45) is -0.0647. The van der Waals surface area contributed by atoms with Crippen LogP contribution in [0.4, 0.5) is 0 Å². The zero-order chi connectivity index (χ0) is 12.9. The molecule has 0 aliphatic carbocycles. The molecule has 1 amide bonds. The van der Waals surface area contributed by atoms with E-state index in [1.165, 1.54) is 13.8 Å². The molecule has 5 nitrogen and oxygen atoms in total. The Morgan fingerprint density at radius 1 is 1.31 bits per heavy atom. The first-order chi connectivity index (χ1) is 7.20. The summed E-state index contributed by atoms with van der Waals surface area (Å²) in [5.41, 5.74) is -1.06. The van der Waals surface area contributed by atoms with Crippen LogP contribution in [0.15, 0.2) is 0 Å². The molecule has 0 aromatic heterocycles. The summed E-state index contributed by atoms with van der Waals surface area (Å²) in [4.78, 5) is 22.4. The number of rotatable bonds is 6. The maximum atomic E-state index is 11.5. The van der Waals surface area contributed by atoms with E-state index in [0.717, 1.165) is 0 Å². The third-order valence-corrected chi connectivity index (χ3v) is 2.71. The fraction of sp³-hybridized carbons (Fsp3) is 0.818. The lowest BCUT2D eigenvalue weighted by Gasteiger charge is -2.23. The molecule has 0 aromatic carbocycles. The van der Waals surface area contributed by atoms with Crippen LogP contribution < -0.4 is 5.32 Å². The van der Waals surface area contributed by atoms with Crippen LogP contribution in [-0.4, -0.2) is 34.7 Å². The predicted octanol–water partition coefficient (Wildman–Crippen LogP) is 0.620. The number of carbonyl (C=O) groups is 2. The quantitative estimate of drug-likeness (QED) is 0.625. The lowest BCUT2D eigenvalue weighted by Crippen LogP contribution is -2.41. The number of aliphatic carboxylic acids is 1. The standard InChI is InChI=1S/C11H21NO4/c1-7(6-13)8(2)12-9(14)5-11(3,4)10(15)16/h7-8,13H,5-6H2,1-4H3,(H,12,14)(H,15,16). The Kier molecular flexibility index (Phi) is 5.44. The zero-order valence-electron chi connectivity index (χ0n) is 10.3. The second-order valence-corrected chi connectivity index (χ2v) is 4.88. The molecule has 0 aromatic rings. The average molecular weight is 231 g/mol. The van der Waals surface area contributed by atoms with E-state index in [-0.39, 0.29) is 30.9 Å². The Balaban J connectivity index is 4.24. The van der Waals surface area contributed by atoms with Crippen LogP contribution in [0.2, 0.25) is 0 Å². The van der Waals surface area contributed by atoms with Crippen molar-refractivity contribution >= 4 is 11.9 Å². The van der Waals surface area contributed by atoms with E-state index in [9.17, 15) is 9.59 Å². The zero-order valence-corrected chi connectivity index (χ0v) is 10.3. The van der Waals surface area contributed by atoms with E-state index < -0.39 is 11.4 Å². The number of hydrogen-bond donors (Lipinski definition) is 3. The van der Waals surface area contributed by atoms with E-state index in [4.69, 9.17) is 10.2 Å². The third kappa shape index (κ3) is 4.61. The van der Waals surface area contributed by atoms with Crippen molar-refractivity contribution in [1.29, 1.82) is 0 Å². The minimum atomic E-state index is -1.06. The molecule has 0 aliphatic heterocycles. The molecule has 16 heavy (non-hydrogen) atoms. The molecule has 0 spiro atoms. The number of aliphatic hydroxyl groups is 1. The Hall–Kier alpha value is -1.10. The molecule has 0 fully saturated rings. The number of carboxylic acids is 1. The molecule has 0 saturated heterocycles. The number of nitrogens with one attached hydrogen (secondary N) is 1. The van der Waals surface area contributed by atoms with Crippen molar-refractivity contribution in [3.63, 3.8) is 0 Å². The van der Waals surface area contributed by atoms with Gasteiger partial charge in [0.15, 0.2) is 0 Å². The summed E-state index contributed by atoms with van der Waals surface area (Å²) in [6.45, 7) is 6.60. The van der Waals surface area contributed by atoms with Crippen LogP contribution in [0.3, 0.4) is 0 Å². The van der Waals surface area contributed by atoms with Gasteiger partial charge < -0.3 is 15.5 Å². The Morgan fingerprint density at radius 2 is 1.81 bits per heavy atom. The summed E-state index contributed by atoms with van der Waals surface area (Å²) < 4.78 is 0. The van der Waals surface area contributed by atoms with Gasteiger partial charge in [0, 0.05) is 19.1 Å². The lowest BCUT2D eigenvalue weighted by molar-refractivity contribution is -0.149. The molecule has 0 rings (SSSR count). The fourth-order valence-electron chi connectivity index (χ4n) is 1.08. The van der Waals surface area contributed by atoms with E-state index >= 15 is 0 Å². The molecule has 2 unspecified atom stereocenters. The molecule has 2 atom stereocenters. The van der Waals surface area contributed by atoms with E-state index in [0.29, 0.717) is 0 Å². The van der Waals surface area contributed by atoms with Crippen molar-refractivity contribution in [2.45, 2.75) is 40.2 Å². The highest BCUT2D eigenvalue weighted by Gasteiger charge is 2.30. The van der Waals surface area contributed by atoms with Gasteiger partial charge in [-0.2, -0.15) is 0 Å². The highest BCUT2D eigenvalue weighted by molar-refractivity contribution is 5.84. The smallest absolute Gasteiger partial charge is 0.309 e. The van der Waals surface area contributed by atoms with Gasteiger partial charge in [-0.1, -0.05) is 6.92 Å². The van der Waals surface area contributed by atoms with E-state index in [1.54, 1.807) is 6.92 Å². The van der Waals surface area contributed by atoms with Gasteiger partial charge in [0.25, 0.3) is 0 Å². The summed E-state index contributed by atoms with van der Waals surface area (Å²) in [5.74, 6) is -1.34. The Bertz CT molecular complexity index is 263. The summed E-state index contributed by atoms with van der Waals surface area (Å²) in [6, 6.07) is -0.165. The molecule has 94 valence electrons. The number of carboxylic acid groups (broad SMARTS) is 1. The van der Waals surface area contributed by atoms with Crippen molar-refractivity contribution in [2.75, 3.05) is 6.61 Å². The highest BCUT2D eigenvalue weighted by Crippen LogP contribution is 2.20. The van der Waals surface area contributed by atoms with Gasteiger partial charge >= 0.3 is 5.97 Å². The van der Waals surface area contributed by atoms with Gasteiger partial charge in [-0.15, -0.1) is 0 Å². The van der Waals surface area contributed by atoms with Gasteiger partial charge in [-0.3, -0.25) is 9.59 Å². The predicted molar refractivity (Wildman–Crippen MR) is 59.9 cm³/mol. The first-order valence-electron chi connectivity index (χ1n) is 5.34. The number of hydrogen-bond acceptors (Lipinski definition) is 3. The first kappa shape index (κ1) is 14.9. The molecule has 3 N–H and O–H groups in total. The molecule has 0 saturated carbocycles. The summed E-state index contributed by atoms with van der Waals surface area (Å²) >= 11 is 0. The topological polar surface area (TPSA) is 86.6 Å². The molecule has 0 radical (unpaired) electrons. The summed E-state index contributed by atoms with van der Waals surface area (Å²) in [5, 5.41) is 20.4. The first-order valence-corrected chi connectivity index (χ1v) is 5.34. The van der Waals surface area contributed by atoms with Crippen LogP contribution in [-0.2, 0) is 9.59 Å². The van der Waals surface area contributed by atoms with E-state index in [1.807, 2.05) is 6.92 Å². The van der Waals surface area contributed by atoms with Gasteiger partial charge in [-0.05, 0) is 26.7 Å². The van der Waals surface area contributed by atoms with Gasteiger partial charge in [-0.25, -0.2) is 0 Å². The van der Waals surface area contributed by atoms with Crippen LogP contribution in [0, 0.1) is 11.3 Å². The summed E-state index contributed by atoms with van der Waals surface area (Å²) in [7, 11) is 0. The van der Waals surface area contributed by atoms with Crippen molar-refractivity contribution < 1.29 is 19.8 Å². The van der Waals surface area contributed by atoms with Crippen LogP contribution in [0.5, 0.6) is 0 Å². The molecule has 5 heteroatoms. The van der Waals surface area contributed by atoms with E-state index in [2.05, 4.69) is 5.32 Å². The molecule has 0 heterocycles. The number of aliphatic hydroxyl groups excluding tert-OH is 1. The van der Waals surface area contributed by atoms with Gasteiger partial charge in [0.1, 0.15) is 0 Å². The average Bonchev–Trinajstić information content (AvgIpc) is 2.14. The lowest BCUT2D eigenvalue weighted by atomic mass is 9.89. The number of carbonyl (C=O) groups excluding carboxylic acids is 1. The normalized spacial score (nSPS) is 15.3.